The van der Waals surface area contributed by atoms with Crippen molar-refractivity contribution in [2.24, 2.45) is 10.8 Å². The van der Waals surface area contributed by atoms with E-state index in [2.05, 4.69) is 33.0 Å². The van der Waals surface area contributed by atoms with Gasteiger partial charge in [0.15, 0.2) is 0 Å². The van der Waals surface area contributed by atoms with E-state index in [0.29, 0.717) is 19.4 Å². The van der Waals surface area contributed by atoms with Crippen LogP contribution in [0.5, 0.6) is 0 Å². The monoisotopic (exact) mass is 233 g/mol. The first kappa shape index (κ1) is 13.9. The van der Waals surface area contributed by atoms with E-state index in [9.17, 15) is 8.78 Å². The fourth-order valence-electron chi connectivity index (χ4n) is 3.90. The molecule has 1 nitrogen and oxygen atoms in total. The van der Waals surface area contributed by atoms with Crippen LogP contribution < -0.4 is 5.32 Å². The third kappa shape index (κ3) is 2.93. The molecule has 0 aromatic heterocycles. The van der Waals surface area contributed by atoms with Crippen molar-refractivity contribution in [3.63, 3.8) is 0 Å². The first-order chi connectivity index (χ1) is 7.13. The molecule has 16 heavy (non-hydrogen) atoms. The summed E-state index contributed by atoms with van der Waals surface area (Å²) in [5.41, 5.74) is -1.01. The molecule has 0 unspecified atom stereocenters. The van der Waals surface area contributed by atoms with Gasteiger partial charge in [-0.25, -0.2) is 8.78 Å². The summed E-state index contributed by atoms with van der Waals surface area (Å²) in [5, 5.41) is 3.06. The van der Waals surface area contributed by atoms with Gasteiger partial charge in [-0.05, 0) is 36.6 Å². The molecule has 0 radical (unpaired) electrons. The molecule has 1 fully saturated rings. The number of halogens is 2. The van der Waals surface area contributed by atoms with Crippen LogP contribution in [0.15, 0.2) is 0 Å². The zero-order chi connectivity index (χ0) is 12.6. The molecule has 0 saturated heterocycles. The van der Waals surface area contributed by atoms with Crippen LogP contribution in [-0.2, 0) is 0 Å². The van der Waals surface area contributed by atoms with Gasteiger partial charge in [0, 0.05) is 0 Å². The fraction of sp³-hybridized carbons (Fsp3) is 1.00. The second-order valence-corrected chi connectivity index (χ2v) is 6.85. The molecule has 0 aromatic rings. The maximum Gasteiger partial charge on any atom is 0.256 e. The van der Waals surface area contributed by atoms with E-state index in [1.807, 2.05) is 6.92 Å². The molecule has 96 valence electrons. The van der Waals surface area contributed by atoms with Gasteiger partial charge in [0.2, 0.25) is 0 Å². The Labute approximate surface area is 98.0 Å². The summed E-state index contributed by atoms with van der Waals surface area (Å²) in [5.74, 6) is 0. The second-order valence-electron chi connectivity index (χ2n) is 6.85. The number of alkyl halides is 2. The molecular formula is C13H25F2N. The first-order valence-electron chi connectivity index (χ1n) is 6.16. The quantitative estimate of drug-likeness (QED) is 0.781. The van der Waals surface area contributed by atoms with E-state index < -0.39 is 12.0 Å². The molecule has 1 aliphatic rings. The normalized spacial score (nSPS) is 27.0. The lowest BCUT2D eigenvalue weighted by atomic mass is 9.58. The standard InChI is InChI=1S/C13H25F2N/c1-6-16-13(10(14)15)8-11(2,3)7-12(4,5)9-13/h10,16H,6-9H2,1-5H3. The Kier molecular flexibility index (Phi) is 3.68. The molecular weight excluding hydrogens is 208 g/mol. The Hall–Kier alpha value is -0.180. The van der Waals surface area contributed by atoms with Crippen LogP contribution in [0.1, 0.15) is 53.9 Å². The average molecular weight is 233 g/mol. The van der Waals surface area contributed by atoms with E-state index in [4.69, 9.17) is 0 Å². The second kappa shape index (κ2) is 4.25. The molecule has 0 bridgehead atoms. The van der Waals surface area contributed by atoms with Gasteiger partial charge in [-0.3, -0.25) is 0 Å². The van der Waals surface area contributed by atoms with Crippen LogP contribution in [0, 0.1) is 10.8 Å². The smallest absolute Gasteiger partial charge is 0.256 e. The highest BCUT2D eigenvalue weighted by atomic mass is 19.3. The van der Waals surface area contributed by atoms with Gasteiger partial charge in [-0.15, -0.1) is 0 Å². The predicted molar refractivity (Wildman–Crippen MR) is 63.8 cm³/mol. The minimum absolute atomic E-state index is 0.0135. The van der Waals surface area contributed by atoms with Gasteiger partial charge in [-0.1, -0.05) is 34.6 Å². The number of hydrogen-bond acceptors (Lipinski definition) is 1. The van der Waals surface area contributed by atoms with E-state index >= 15 is 0 Å². The summed E-state index contributed by atoms with van der Waals surface area (Å²) in [4.78, 5) is 0. The van der Waals surface area contributed by atoms with Crippen LogP contribution in [0.3, 0.4) is 0 Å². The van der Waals surface area contributed by atoms with Gasteiger partial charge < -0.3 is 5.32 Å². The zero-order valence-corrected chi connectivity index (χ0v) is 11.2. The van der Waals surface area contributed by atoms with Gasteiger partial charge in [0.25, 0.3) is 6.43 Å². The summed E-state index contributed by atoms with van der Waals surface area (Å²) >= 11 is 0. The molecule has 1 saturated carbocycles. The summed E-state index contributed by atoms with van der Waals surface area (Å²) in [7, 11) is 0. The van der Waals surface area contributed by atoms with E-state index in [0.717, 1.165) is 6.42 Å². The topological polar surface area (TPSA) is 12.0 Å². The molecule has 3 heteroatoms. The zero-order valence-electron chi connectivity index (χ0n) is 11.2. The first-order valence-corrected chi connectivity index (χ1v) is 6.16. The number of hydrogen-bond donors (Lipinski definition) is 1. The van der Waals surface area contributed by atoms with Crippen molar-refractivity contribution >= 4 is 0 Å². The largest absolute Gasteiger partial charge is 0.307 e. The molecule has 1 N–H and O–H groups in total. The van der Waals surface area contributed by atoms with Crippen LogP contribution in [0.4, 0.5) is 8.78 Å². The molecule has 0 aliphatic heterocycles. The summed E-state index contributed by atoms with van der Waals surface area (Å²) in [6.07, 6.45) is -0.143. The highest BCUT2D eigenvalue weighted by Gasteiger charge is 2.51. The lowest BCUT2D eigenvalue weighted by Crippen LogP contribution is -2.59. The summed E-state index contributed by atoms with van der Waals surface area (Å²) in [6, 6.07) is 0. The Morgan fingerprint density at radius 2 is 1.44 bits per heavy atom. The van der Waals surface area contributed by atoms with Crippen molar-refractivity contribution in [1.29, 1.82) is 0 Å². The molecule has 0 heterocycles. The highest BCUT2D eigenvalue weighted by molar-refractivity contribution is 5.04. The van der Waals surface area contributed by atoms with Crippen molar-refractivity contribution in [3.8, 4) is 0 Å². The molecule has 0 amide bonds. The number of rotatable bonds is 3. The minimum atomic E-state index is -2.29. The van der Waals surface area contributed by atoms with Gasteiger partial charge in [-0.2, -0.15) is 0 Å². The van der Waals surface area contributed by atoms with E-state index in [1.54, 1.807) is 0 Å². The van der Waals surface area contributed by atoms with Crippen LogP contribution in [0.2, 0.25) is 0 Å². The van der Waals surface area contributed by atoms with E-state index in [1.165, 1.54) is 0 Å². The van der Waals surface area contributed by atoms with Crippen LogP contribution in [0.25, 0.3) is 0 Å². The minimum Gasteiger partial charge on any atom is -0.307 e. The third-order valence-corrected chi connectivity index (χ3v) is 3.49. The Morgan fingerprint density at radius 1 is 1.00 bits per heavy atom. The average Bonchev–Trinajstić information content (AvgIpc) is 1.97. The van der Waals surface area contributed by atoms with Crippen molar-refractivity contribution in [3.05, 3.63) is 0 Å². The van der Waals surface area contributed by atoms with Gasteiger partial charge in [0.1, 0.15) is 0 Å². The number of nitrogens with one attached hydrogen (secondary N) is 1. The predicted octanol–water partition coefficient (Wildman–Crippen LogP) is 3.84. The van der Waals surface area contributed by atoms with Gasteiger partial charge >= 0.3 is 0 Å². The fourth-order valence-corrected chi connectivity index (χ4v) is 3.90. The third-order valence-electron chi connectivity index (χ3n) is 3.49. The van der Waals surface area contributed by atoms with E-state index in [-0.39, 0.29) is 10.8 Å². The summed E-state index contributed by atoms with van der Waals surface area (Å²) < 4.78 is 26.8. The Balaban J connectivity index is 3.00. The SMILES string of the molecule is CCNC1(C(F)F)CC(C)(C)CC(C)(C)C1. The van der Waals surface area contributed by atoms with Crippen LogP contribution >= 0.6 is 0 Å². The lowest BCUT2D eigenvalue weighted by Gasteiger charge is -2.52. The molecule has 0 aromatic carbocycles. The van der Waals surface area contributed by atoms with Crippen molar-refractivity contribution in [2.45, 2.75) is 65.8 Å². The van der Waals surface area contributed by atoms with Crippen molar-refractivity contribution in [2.75, 3.05) is 6.54 Å². The summed E-state index contributed by atoms with van der Waals surface area (Å²) in [6.45, 7) is 10.9. The van der Waals surface area contributed by atoms with Crippen molar-refractivity contribution in [1.82, 2.24) is 5.32 Å². The van der Waals surface area contributed by atoms with Gasteiger partial charge in [0.05, 0.1) is 5.54 Å². The molecule has 1 rings (SSSR count). The Morgan fingerprint density at radius 3 is 1.75 bits per heavy atom. The molecule has 1 aliphatic carbocycles. The molecule has 0 atom stereocenters. The van der Waals surface area contributed by atoms with Crippen molar-refractivity contribution < 1.29 is 8.78 Å². The maximum atomic E-state index is 13.4. The Bertz CT molecular complexity index is 230. The molecule has 0 spiro atoms. The van der Waals surface area contributed by atoms with Crippen LogP contribution in [-0.4, -0.2) is 18.5 Å². The highest BCUT2D eigenvalue weighted by Crippen LogP contribution is 2.51. The maximum absolute atomic E-state index is 13.4. The lowest BCUT2D eigenvalue weighted by molar-refractivity contribution is -0.0632.